The zero-order valence-corrected chi connectivity index (χ0v) is 12.4. The van der Waals surface area contributed by atoms with E-state index in [0.29, 0.717) is 0 Å². The highest BCUT2D eigenvalue weighted by atomic mass is 32.2. The Morgan fingerprint density at radius 1 is 1.29 bits per heavy atom. The topological polar surface area (TPSA) is 15.3 Å². The molecule has 0 radical (unpaired) electrons. The molecule has 0 aromatic heterocycles. The van der Waals surface area contributed by atoms with Gasteiger partial charge in [-0.2, -0.15) is 11.8 Å². The summed E-state index contributed by atoms with van der Waals surface area (Å²) < 4.78 is 0. The molecule has 0 aromatic rings. The van der Waals surface area contributed by atoms with Crippen LogP contribution in [0.5, 0.6) is 0 Å². The van der Waals surface area contributed by atoms with E-state index in [0.717, 1.165) is 29.9 Å². The highest BCUT2D eigenvalue weighted by Gasteiger charge is 2.38. The van der Waals surface area contributed by atoms with Crippen LogP contribution in [0, 0.1) is 0 Å². The second kappa shape index (κ2) is 6.44. The van der Waals surface area contributed by atoms with Crippen LogP contribution < -0.4 is 5.32 Å². The normalized spacial score (nSPS) is 35.8. The predicted molar refractivity (Wildman–Crippen MR) is 77.8 cm³/mol. The Morgan fingerprint density at radius 2 is 1.94 bits per heavy atom. The van der Waals surface area contributed by atoms with Crippen LogP contribution in [-0.4, -0.2) is 47.6 Å². The molecule has 3 heteroatoms. The molecule has 0 saturated carbocycles. The average molecular weight is 256 g/mol. The van der Waals surface area contributed by atoms with E-state index in [-0.39, 0.29) is 0 Å². The van der Waals surface area contributed by atoms with Gasteiger partial charge in [0.15, 0.2) is 0 Å². The number of piperidine rings is 2. The van der Waals surface area contributed by atoms with Crippen LogP contribution in [0.15, 0.2) is 0 Å². The van der Waals surface area contributed by atoms with Gasteiger partial charge in [0.1, 0.15) is 0 Å². The van der Waals surface area contributed by atoms with Crippen molar-refractivity contribution >= 4 is 11.8 Å². The number of nitrogens with zero attached hydrogens (tertiary/aromatic N) is 1. The lowest BCUT2D eigenvalue weighted by atomic mass is 9.81. The first-order valence-corrected chi connectivity index (χ1v) is 8.55. The molecule has 2 fully saturated rings. The second-order valence-corrected chi connectivity index (χ2v) is 6.98. The summed E-state index contributed by atoms with van der Waals surface area (Å²) in [6, 6.07) is 2.51. The van der Waals surface area contributed by atoms with Gasteiger partial charge in [0, 0.05) is 29.9 Å². The van der Waals surface area contributed by atoms with E-state index < -0.39 is 0 Å². The van der Waals surface area contributed by atoms with Gasteiger partial charge < -0.3 is 5.32 Å². The Bertz CT molecular complexity index is 220. The van der Waals surface area contributed by atoms with Crippen molar-refractivity contribution in [1.82, 2.24) is 10.2 Å². The zero-order chi connectivity index (χ0) is 12.3. The fourth-order valence-electron chi connectivity index (χ4n) is 3.60. The lowest BCUT2D eigenvalue weighted by Gasteiger charge is -2.49. The van der Waals surface area contributed by atoms with Crippen molar-refractivity contribution in [2.45, 2.75) is 69.3 Å². The van der Waals surface area contributed by atoms with Crippen molar-refractivity contribution in [3.8, 4) is 0 Å². The van der Waals surface area contributed by atoms with Gasteiger partial charge in [0.2, 0.25) is 0 Å². The molecule has 3 unspecified atom stereocenters. The van der Waals surface area contributed by atoms with Gasteiger partial charge in [-0.3, -0.25) is 4.90 Å². The standard InChI is InChI=1S/C14H28N2S/c1-4-15-12-8-13-6-5-7-14(9-12)16(13)10-11(2)17-3/h11-15H,4-10H2,1-3H3. The fourth-order valence-corrected chi connectivity index (χ4v) is 3.92. The molecule has 1 N–H and O–H groups in total. The Balaban J connectivity index is 1.94. The van der Waals surface area contributed by atoms with Gasteiger partial charge in [0.25, 0.3) is 0 Å². The molecule has 0 aromatic carbocycles. The van der Waals surface area contributed by atoms with Crippen molar-refractivity contribution in [3.05, 3.63) is 0 Å². The summed E-state index contributed by atoms with van der Waals surface area (Å²) in [5, 5.41) is 4.45. The van der Waals surface area contributed by atoms with E-state index in [1.807, 2.05) is 11.8 Å². The second-order valence-electron chi connectivity index (χ2n) is 5.71. The maximum absolute atomic E-state index is 3.67. The van der Waals surface area contributed by atoms with Crippen LogP contribution in [0.3, 0.4) is 0 Å². The van der Waals surface area contributed by atoms with E-state index in [4.69, 9.17) is 0 Å². The third kappa shape index (κ3) is 3.39. The third-order valence-electron chi connectivity index (χ3n) is 4.49. The fraction of sp³-hybridized carbons (Fsp3) is 1.00. The molecule has 0 spiro atoms. The Labute approximate surface area is 111 Å². The molecule has 2 aliphatic rings. The quantitative estimate of drug-likeness (QED) is 0.814. The molecule has 3 atom stereocenters. The highest BCUT2D eigenvalue weighted by Crippen LogP contribution is 2.34. The number of nitrogens with one attached hydrogen (secondary N) is 1. The molecular weight excluding hydrogens is 228 g/mol. The summed E-state index contributed by atoms with van der Waals surface area (Å²) in [5.41, 5.74) is 0. The molecule has 100 valence electrons. The minimum atomic E-state index is 0.786. The van der Waals surface area contributed by atoms with Crippen LogP contribution in [0.2, 0.25) is 0 Å². The maximum Gasteiger partial charge on any atom is 0.0144 e. The van der Waals surface area contributed by atoms with Crippen molar-refractivity contribution in [2.75, 3.05) is 19.3 Å². The molecule has 0 amide bonds. The summed E-state index contributed by atoms with van der Waals surface area (Å²) in [6.45, 7) is 7.04. The smallest absolute Gasteiger partial charge is 0.0144 e. The third-order valence-corrected chi connectivity index (χ3v) is 5.44. The van der Waals surface area contributed by atoms with Crippen molar-refractivity contribution < 1.29 is 0 Å². The lowest BCUT2D eigenvalue weighted by Crippen LogP contribution is -2.57. The van der Waals surface area contributed by atoms with Crippen LogP contribution in [0.25, 0.3) is 0 Å². The molecule has 2 bridgehead atoms. The number of hydrogen-bond donors (Lipinski definition) is 1. The number of rotatable bonds is 5. The van der Waals surface area contributed by atoms with Crippen LogP contribution in [0.4, 0.5) is 0 Å². The van der Waals surface area contributed by atoms with Gasteiger partial charge >= 0.3 is 0 Å². The van der Waals surface area contributed by atoms with Crippen LogP contribution in [-0.2, 0) is 0 Å². The molecule has 2 aliphatic heterocycles. The molecule has 17 heavy (non-hydrogen) atoms. The van der Waals surface area contributed by atoms with Gasteiger partial charge in [-0.1, -0.05) is 20.3 Å². The Kier molecular flexibility index (Phi) is 5.19. The van der Waals surface area contributed by atoms with Crippen molar-refractivity contribution in [3.63, 3.8) is 0 Å². The Hall–Kier alpha value is 0.270. The summed E-state index contributed by atoms with van der Waals surface area (Å²) in [7, 11) is 0. The highest BCUT2D eigenvalue weighted by molar-refractivity contribution is 7.99. The minimum absolute atomic E-state index is 0.786. The first-order chi connectivity index (χ1) is 8.24. The first-order valence-electron chi connectivity index (χ1n) is 7.26. The summed E-state index contributed by atoms with van der Waals surface area (Å²) in [4.78, 5) is 2.83. The van der Waals surface area contributed by atoms with Gasteiger partial charge in [0.05, 0.1) is 0 Å². The van der Waals surface area contributed by atoms with Crippen LogP contribution in [0.1, 0.15) is 46.0 Å². The molecule has 0 aliphatic carbocycles. The molecular formula is C14H28N2S. The van der Waals surface area contributed by atoms with E-state index in [1.54, 1.807) is 0 Å². The van der Waals surface area contributed by atoms with E-state index in [2.05, 4.69) is 30.3 Å². The van der Waals surface area contributed by atoms with Crippen molar-refractivity contribution in [2.24, 2.45) is 0 Å². The molecule has 2 saturated heterocycles. The zero-order valence-electron chi connectivity index (χ0n) is 11.6. The molecule has 2 heterocycles. The van der Waals surface area contributed by atoms with E-state index in [9.17, 15) is 0 Å². The Morgan fingerprint density at radius 3 is 2.47 bits per heavy atom. The predicted octanol–water partition coefficient (Wildman–Crippen LogP) is 2.73. The number of fused-ring (bicyclic) bond motifs is 2. The lowest BCUT2D eigenvalue weighted by molar-refractivity contribution is 0.0263. The van der Waals surface area contributed by atoms with Gasteiger partial charge in [-0.15, -0.1) is 0 Å². The summed E-state index contributed by atoms with van der Waals surface area (Å²) >= 11 is 2.01. The van der Waals surface area contributed by atoms with Crippen molar-refractivity contribution in [1.29, 1.82) is 0 Å². The summed E-state index contributed by atoms with van der Waals surface area (Å²) in [5.74, 6) is 0. The first kappa shape index (κ1) is 13.7. The monoisotopic (exact) mass is 256 g/mol. The summed E-state index contributed by atoms with van der Waals surface area (Å²) in [6.07, 6.45) is 9.32. The van der Waals surface area contributed by atoms with Crippen LogP contribution >= 0.6 is 11.8 Å². The average Bonchev–Trinajstić information content (AvgIpc) is 2.30. The minimum Gasteiger partial charge on any atom is -0.314 e. The number of thioether (sulfide) groups is 1. The van der Waals surface area contributed by atoms with E-state index in [1.165, 1.54) is 38.6 Å². The number of hydrogen-bond acceptors (Lipinski definition) is 3. The largest absolute Gasteiger partial charge is 0.314 e. The molecule has 2 nitrogen and oxygen atoms in total. The maximum atomic E-state index is 3.67. The SMILES string of the molecule is CCNC1CC2CCCC(C1)N2CC(C)SC. The van der Waals surface area contributed by atoms with Gasteiger partial charge in [-0.05, 0) is 38.5 Å². The van der Waals surface area contributed by atoms with E-state index >= 15 is 0 Å². The van der Waals surface area contributed by atoms with Gasteiger partial charge in [-0.25, -0.2) is 0 Å². The molecule has 2 rings (SSSR count).